The molecule has 0 aliphatic rings. The van der Waals surface area contributed by atoms with E-state index in [0.717, 1.165) is 6.54 Å². The second kappa shape index (κ2) is 10.5. The number of rotatable bonds is 11. The Bertz CT molecular complexity index is 243. The lowest BCUT2D eigenvalue weighted by Crippen LogP contribution is -2.38. The van der Waals surface area contributed by atoms with Crippen LogP contribution in [0.3, 0.4) is 0 Å². The summed E-state index contributed by atoms with van der Waals surface area (Å²) in [5.41, 5.74) is 0.227. The molecule has 0 saturated heterocycles. The molecule has 0 aromatic heterocycles. The fourth-order valence-corrected chi connectivity index (χ4v) is 2.40. The van der Waals surface area contributed by atoms with E-state index < -0.39 is 5.38 Å². The van der Waals surface area contributed by atoms with Crippen LogP contribution in [0, 0.1) is 5.41 Å². The van der Waals surface area contributed by atoms with Gasteiger partial charge >= 0.3 is 0 Å². The van der Waals surface area contributed by atoms with Crippen LogP contribution in [-0.4, -0.2) is 17.8 Å². The summed E-state index contributed by atoms with van der Waals surface area (Å²) in [6, 6.07) is 0. The molecule has 2 nitrogen and oxygen atoms in total. The van der Waals surface area contributed by atoms with E-state index in [1.165, 1.54) is 51.4 Å². The lowest BCUT2D eigenvalue weighted by atomic mass is 9.80. The van der Waals surface area contributed by atoms with Gasteiger partial charge in [0.05, 0.1) is 0 Å². The largest absolute Gasteiger partial charge is 0.354 e. The van der Waals surface area contributed by atoms with Crippen molar-refractivity contribution in [1.29, 1.82) is 0 Å². The SMILES string of the molecule is CCCCCCC(C)(CCCC)CNC(=O)C(C)Cl. The van der Waals surface area contributed by atoms with Crippen LogP contribution in [0.1, 0.15) is 79.1 Å². The summed E-state index contributed by atoms with van der Waals surface area (Å²) in [6.45, 7) is 9.24. The van der Waals surface area contributed by atoms with Gasteiger partial charge in [-0.2, -0.15) is 0 Å². The van der Waals surface area contributed by atoms with E-state index in [4.69, 9.17) is 11.6 Å². The molecular formula is C16H32ClNO. The molecule has 0 bridgehead atoms. The van der Waals surface area contributed by atoms with E-state index in [2.05, 4.69) is 26.1 Å². The van der Waals surface area contributed by atoms with Crippen molar-refractivity contribution in [1.82, 2.24) is 5.32 Å². The Labute approximate surface area is 124 Å². The Morgan fingerprint density at radius 1 is 1.11 bits per heavy atom. The molecule has 0 heterocycles. The summed E-state index contributed by atoms with van der Waals surface area (Å²) >= 11 is 5.79. The molecule has 0 spiro atoms. The minimum absolute atomic E-state index is 0.0436. The summed E-state index contributed by atoms with van der Waals surface area (Å²) in [5.74, 6) is -0.0436. The Kier molecular flexibility index (Phi) is 10.4. The van der Waals surface area contributed by atoms with Crippen molar-refractivity contribution in [3.63, 3.8) is 0 Å². The monoisotopic (exact) mass is 289 g/mol. The summed E-state index contributed by atoms with van der Waals surface area (Å²) < 4.78 is 0. The molecule has 1 amide bonds. The van der Waals surface area contributed by atoms with Gasteiger partial charge in [0.1, 0.15) is 5.38 Å². The molecule has 0 aliphatic carbocycles. The number of carbonyl (C=O) groups is 1. The highest BCUT2D eigenvalue weighted by Gasteiger charge is 2.24. The van der Waals surface area contributed by atoms with Gasteiger partial charge in [-0.05, 0) is 25.2 Å². The lowest BCUT2D eigenvalue weighted by Gasteiger charge is -2.30. The predicted octanol–water partition coefficient (Wildman–Crippen LogP) is 4.90. The molecule has 0 fully saturated rings. The molecule has 0 aliphatic heterocycles. The van der Waals surface area contributed by atoms with Gasteiger partial charge in [-0.15, -0.1) is 11.6 Å². The van der Waals surface area contributed by atoms with Crippen molar-refractivity contribution in [2.75, 3.05) is 6.54 Å². The zero-order valence-electron chi connectivity index (χ0n) is 13.2. The topological polar surface area (TPSA) is 29.1 Å². The highest BCUT2D eigenvalue weighted by molar-refractivity contribution is 6.30. The van der Waals surface area contributed by atoms with Crippen LogP contribution in [0.4, 0.5) is 0 Å². The molecule has 0 saturated carbocycles. The fraction of sp³-hybridized carbons (Fsp3) is 0.938. The van der Waals surface area contributed by atoms with Gasteiger partial charge in [0.15, 0.2) is 0 Å². The number of hydrogen-bond donors (Lipinski definition) is 1. The molecule has 0 aromatic rings. The third kappa shape index (κ3) is 9.32. The summed E-state index contributed by atoms with van der Waals surface area (Å²) in [6.07, 6.45) is 9.98. The summed E-state index contributed by atoms with van der Waals surface area (Å²) in [5, 5.41) is 2.57. The number of alkyl halides is 1. The first-order valence-electron chi connectivity index (χ1n) is 7.87. The van der Waals surface area contributed by atoms with Crippen LogP contribution >= 0.6 is 11.6 Å². The Morgan fingerprint density at radius 2 is 1.68 bits per heavy atom. The molecule has 19 heavy (non-hydrogen) atoms. The van der Waals surface area contributed by atoms with Gasteiger partial charge in [-0.3, -0.25) is 4.79 Å². The molecule has 0 radical (unpaired) electrons. The van der Waals surface area contributed by atoms with Gasteiger partial charge in [-0.25, -0.2) is 0 Å². The van der Waals surface area contributed by atoms with Crippen LogP contribution in [0.5, 0.6) is 0 Å². The fourth-order valence-electron chi connectivity index (χ4n) is 2.33. The number of amides is 1. The van der Waals surface area contributed by atoms with Crippen molar-refractivity contribution >= 4 is 17.5 Å². The van der Waals surface area contributed by atoms with Crippen LogP contribution in [0.25, 0.3) is 0 Å². The number of nitrogens with one attached hydrogen (secondary N) is 1. The van der Waals surface area contributed by atoms with E-state index in [0.29, 0.717) is 0 Å². The first-order valence-corrected chi connectivity index (χ1v) is 8.30. The third-order valence-electron chi connectivity index (χ3n) is 3.82. The standard InChI is InChI=1S/C16H32ClNO/c1-5-7-9-10-12-16(4,11-8-6-2)13-18-15(19)14(3)17/h14H,5-13H2,1-4H3,(H,18,19). The second-order valence-electron chi connectivity index (χ2n) is 6.06. The van der Waals surface area contributed by atoms with E-state index in [1.54, 1.807) is 6.92 Å². The highest BCUT2D eigenvalue weighted by atomic mass is 35.5. The Balaban J connectivity index is 4.20. The second-order valence-corrected chi connectivity index (χ2v) is 6.71. The van der Waals surface area contributed by atoms with Crippen molar-refractivity contribution in [3.05, 3.63) is 0 Å². The first-order chi connectivity index (χ1) is 8.95. The average molecular weight is 290 g/mol. The molecule has 3 heteroatoms. The van der Waals surface area contributed by atoms with Gasteiger partial charge < -0.3 is 5.32 Å². The molecule has 114 valence electrons. The van der Waals surface area contributed by atoms with Crippen LogP contribution in [-0.2, 0) is 4.79 Å². The zero-order chi connectivity index (χ0) is 14.7. The smallest absolute Gasteiger partial charge is 0.237 e. The van der Waals surface area contributed by atoms with E-state index in [9.17, 15) is 4.79 Å². The molecular weight excluding hydrogens is 258 g/mol. The zero-order valence-corrected chi connectivity index (χ0v) is 14.0. The minimum Gasteiger partial charge on any atom is -0.354 e. The Hall–Kier alpha value is -0.240. The third-order valence-corrected chi connectivity index (χ3v) is 4.02. The van der Waals surface area contributed by atoms with Gasteiger partial charge in [0.2, 0.25) is 5.91 Å². The molecule has 2 atom stereocenters. The minimum atomic E-state index is -0.435. The van der Waals surface area contributed by atoms with Crippen LogP contribution in [0.15, 0.2) is 0 Å². The van der Waals surface area contributed by atoms with E-state index >= 15 is 0 Å². The normalized spacial score (nSPS) is 15.8. The van der Waals surface area contributed by atoms with Gasteiger partial charge in [-0.1, -0.05) is 59.3 Å². The van der Waals surface area contributed by atoms with Crippen molar-refractivity contribution in [2.24, 2.45) is 5.41 Å². The maximum Gasteiger partial charge on any atom is 0.237 e. The van der Waals surface area contributed by atoms with Crippen LogP contribution in [0.2, 0.25) is 0 Å². The van der Waals surface area contributed by atoms with Crippen molar-refractivity contribution in [2.45, 2.75) is 84.4 Å². The predicted molar refractivity (Wildman–Crippen MR) is 84.7 cm³/mol. The van der Waals surface area contributed by atoms with Gasteiger partial charge in [0, 0.05) is 6.54 Å². The molecule has 0 rings (SSSR count). The maximum atomic E-state index is 11.6. The lowest BCUT2D eigenvalue weighted by molar-refractivity contribution is -0.121. The molecule has 2 unspecified atom stereocenters. The quantitative estimate of drug-likeness (QED) is 0.425. The average Bonchev–Trinajstić information content (AvgIpc) is 2.39. The van der Waals surface area contributed by atoms with Crippen molar-refractivity contribution < 1.29 is 4.79 Å². The molecule has 1 N–H and O–H groups in total. The van der Waals surface area contributed by atoms with Crippen molar-refractivity contribution in [3.8, 4) is 0 Å². The molecule has 0 aromatic carbocycles. The number of hydrogen-bond acceptors (Lipinski definition) is 1. The van der Waals surface area contributed by atoms with Crippen LogP contribution < -0.4 is 5.32 Å². The van der Waals surface area contributed by atoms with Gasteiger partial charge in [0.25, 0.3) is 0 Å². The first kappa shape index (κ1) is 18.8. The number of carbonyl (C=O) groups excluding carboxylic acids is 1. The summed E-state index contributed by atoms with van der Waals surface area (Å²) in [7, 11) is 0. The summed E-state index contributed by atoms with van der Waals surface area (Å²) in [4.78, 5) is 11.6. The van der Waals surface area contributed by atoms with E-state index in [-0.39, 0.29) is 11.3 Å². The maximum absolute atomic E-state index is 11.6. The number of unbranched alkanes of at least 4 members (excludes halogenated alkanes) is 4. The number of halogens is 1. The van der Waals surface area contributed by atoms with E-state index in [1.807, 2.05) is 0 Å². The Morgan fingerprint density at radius 3 is 2.21 bits per heavy atom. The highest BCUT2D eigenvalue weighted by Crippen LogP contribution is 2.30.